The number of nitrogens with zero attached hydrogens (tertiary/aromatic N) is 6. The first kappa shape index (κ1) is 38.6. The van der Waals surface area contributed by atoms with E-state index in [1.54, 1.807) is 54.7 Å². The van der Waals surface area contributed by atoms with E-state index in [1.807, 2.05) is 4.90 Å². The van der Waals surface area contributed by atoms with Crippen LogP contribution in [0, 0.1) is 17.0 Å². The number of imide groups is 1. The Balaban J connectivity index is 0.691. The highest BCUT2D eigenvalue weighted by atomic mass is 19.1. The summed E-state index contributed by atoms with van der Waals surface area (Å²) in [4.78, 5) is 64.0. The lowest BCUT2D eigenvalue weighted by Gasteiger charge is -2.61. The van der Waals surface area contributed by atoms with Crippen LogP contribution in [0.1, 0.15) is 51.4 Å². The van der Waals surface area contributed by atoms with Gasteiger partial charge in [0.25, 0.3) is 5.56 Å². The van der Waals surface area contributed by atoms with Gasteiger partial charge in [-0.15, -0.1) is 0 Å². The first-order valence-electron chi connectivity index (χ1n) is 20.5. The van der Waals surface area contributed by atoms with Crippen LogP contribution in [0.3, 0.4) is 0 Å². The summed E-state index contributed by atoms with van der Waals surface area (Å²) in [6, 6.07) is 16.8. The van der Waals surface area contributed by atoms with Gasteiger partial charge >= 0.3 is 6.09 Å². The number of carbonyl (C=O) groups is 3. The first-order valence-corrected chi connectivity index (χ1v) is 20.5. The number of halogens is 2. The maximum Gasteiger partial charge on any atom is 0.410 e. The van der Waals surface area contributed by atoms with E-state index < -0.39 is 11.9 Å². The molecule has 9 rings (SSSR count). The number of ether oxygens (including phenoxy) is 1. The average Bonchev–Trinajstić information content (AvgIpc) is 3.20. The van der Waals surface area contributed by atoms with Crippen LogP contribution in [-0.2, 0) is 14.3 Å². The zero-order valence-corrected chi connectivity index (χ0v) is 32.6. The SMILES string of the molecule is O=C1CCC(Nc2ccc(N3CCN(C4CC5(C4)CN(C(=O)O[C@H]4CC[C@H](Nc6ncc(F)c(-c7cccc(-n8ccccc8=O)c7)n6)CC4)C5)CC3)c(F)c2)C(=O)N1. The molecule has 1 unspecified atom stereocenters. The topological polar surface area (TPSA) is 154 Å². The van der Waals surface area contributed by atoms with E-state index in [4.69, 9.17) is 4.74 Å². The van der Waals surface area contributed by atoms with Crippen molar-refractivity contribution in [1.82, 2.24) is 29.7 Å². The molecular formula is C43H47F2N9O5. The zero-order chi connectivity index (χ0) is 40.7. The van der Waals surface area contributed by atoms with Crippen molar-refractivity contribution in [3.63, 3.8) is 0 Å². The number of hydrogen-bond donors (Lipinski definition) is 3. The van der Waals surface area contributed by atoms with Crippen molar-refractivity contribution in [2.75, 3.05) is 54.8 Å². The van der Waals surface area contributed by atoms with Crippen molar-refractivity contribution >= 4 is 35.2 Å². The number of rotatable bonds is 9. The summed E-state index contributed by atoms with van der Waals surface area (Å²) >= 11 is 0. The molecule has 308 valence electrons. The van der Waals surface area contributed by atoms with Gasteiger partial charge in [0.15, 0.2) is 5.82 Å². The van der Waals surface area contributed by atoms with Gasteiger partial charge in [-0.2, -0.15) is 0 Å². The Labute approximate surface area is 339 Å². The van der Waals surface area contributed by atoms with Crippen molar-refractivity contribution in [2.24, 2.45) is 5.41 Å². The second-order valence-corrected chi connectivity index (χ2v) is 16.6. The molecule has 3 N–H and O–H groups in total. The van der Waals surface area contributed by atoms with Crippen LogP contribution in [0.25, 0.3) is 16.9 Å². The van der Waals surface area contributed by atoms with E-state index in [-0.39, 0.29) is 59.0 Å². The van der Waals surface area contributed by atoms with Crippen molar-refractivity contribution in [1.29, 1.82) is 0 Å². The molecule has 5 aliphatic rings. The fourth-order valence-corrected chi connectivity index (χ4v) is 9.37. The van der Waals surface area contributed by atoms with Crippen LogP contribution in [0.2, 0.25) is 0 Å². The fourth-order valence-electron chi connectivity index (χ4n) is 9.37. The summed E-state index contributed by atoms with van der Waals surface area (Å²) in [5, 5.41) is 8.70. The van der Waals surface area contributed by atoms with Crippen molar-refractivity contribution < 1.29 is 27.9 Å². The van der Waals surface area contributed by atoms with Gasteiger partial charge in [-0.05, 0) is 81.3 Å². The molecule has 2 aromatic carbocycles. The van der Waals surface area contributed by atoms with E-state index in [0.29, 0.717) is 80.1 Å². The number of pyridine rings is 1. The molecule has 4 aromatic rings. The zero-order valence-electron chi connectivity index (χ0n) is 32.6. The lowest BCUT2D eigenvalue weighted by Crippen LogP contribution is -2.68. The molecule has 0 bridgehead atoms. The van der Waals surface area contributed by atoms with Crippen molar-refractivity contribution in [2.45, 2.75) is 75.6 Å². The third kappa shape index (κ3) is 8.22. The largest absolute Gasteiger partial charge is 0.446 e. The molecule has 16 heteroatoms. The quantitative estimate of drug-likeness (QED) is 0.197. The number of piperazine rings is 1. The van der Waals surface area contributed by atoms with Crippen molar-refractivity contribution in [3.8, 4) is 16.9 Å². The molecule has 0 radical (unpaired) electrons. The highest BCUT2D eigenvalue weighted by molar-refractivity contribution is 6.01. The minimum Gasteiger partial charge on any atom is -0.446 e. The third-order valence-corrected chi connectivity index (χ3v) is 12.6. The normalized spacial score (nSPS) is 23.3. The number of amides is 3. The Morgan fingerprint density at radius 1 is 0.864 bits per heavy atom. The molecule has 5 fully saturated rings. The summed E-state index contributed by atoms with van der Waals surface area (Å²) < 4.78 is 37.6. The molecule has 1 spiro atoms. The monoisotopic (exact) mass is 807 g/mol. The lowest BCUT2D eigenvalue weighted by atomic mass is 9.60. The molecule has 2 aliphatic carbocycles. The van der Waals surface area contributed by atoms with Crippen LogP contribution in [0.15, 0.2) is 77.9 Å². The van der Waals surface area contributed by atoms with Crippen LogP contribution >= 0.6 is 0 Å². The number of likely N-dealkylation sites (tertiary alicyclic amines) is 1. The highest BCUT2D eigenvalue weighted by Crippen LogP contribution is 2.50. The van der Waals surface area contributed by atoms with Gasteiger partial charge in [0.1, 0.15) is 23.7 Å². The van der Waals surface area contributed by atoms with E-state index in [2.05, 4.69) is 35.7 Å². The summed E-state index contributed by atoms with van der Waals surface area (Å²) in [7, 11) is 0. The fraction of sp³-hybridized carbons (Fsp3) is 0.442. The number of anilines is 3. The predicted octanol–water partition coefficient (Wildman–Crippen LogP) is 4.94. The molecule has 1 atom stereocenters. The van der Waals surface area contributed by atoms with Crippen LogP contribution in [0.4, 0.5) is 30.9 Å². The van der Waals surface area contributed by atoms with Gasteiger partial charge in [0.05, 0.1) is 11.9 Å². The third-order valence-electron chi connectivity index (χ3n) is 12.6. The predicted molar refractivity (Wildman–Crippen MR) is 216 cm³/mol. The molecule has 14 nitrogen and oxygen atoms in total. The van der Waals surface area contributed by atoms with Gasteiger partial charge in [0.2, 0.25) is 17.8 Å². The smallest absolute Gasteiger partial charge is 0.410 e. The Morgan fingerprint density at radius 2 is 1.66 bits per heavy atom. The van der Waals surface area contributed by atoms with Crippen LogP contribution < -0.4 is 26.4 Å². The Hall–Kier alpha value is -5.90. The number of carbonyl (C=O) groups excluding carboxylic acids is 3. The summed E-state index contributed by atoms with van der Waals surface area (Å²) in [5.74, 6) is -1.27. The van der Waals surface area contributed by atoms with Gasteiger partial charge in [-0.1, -0.05) is 18.2 Å². The summed E-state index contributed by atoms with van der Waals surface area (Å²) in [6.45, 7) is 4.50. The van der Waals surface area contributed by atoms with E-state index in [9.17, 15) is 23.6 Å². The number of aromatic nitrogens is 3. The molecular weight excluding hydrogens is 761 g/mol. The molecule has 5 heterocycles. The minimum absolute atomic E-state index is 0.0484. The molecule has 3 amide bonds. The number of nitrogens with one attached hydrogen (secondary N) is 3. The average molecular weight is 808 g/mol. The maximum atomic E-state index is 15.2. The second-order valence-electron chi connectivity index (χ2n) is 16.6. The van der Waals surface area contributed by atoms with Crippen molar-refractivity contribution in [3.05, 3.63) is 95.0 Å². The van der Waals surface area contributed by atoms with E-state index >= 15 is 4.39 Å². The van der Waals surface area contributed by atoms with Gasteiger partial charge in [-0.25, -0.2) is 23.5 Å². The highest BCUT2D eigenvalue weighted by Gasteiger charge is 2.55. The minimum atomic E-state index is -0.564. The first-order chi connectivity index (χ1) is 28.6. The van der Waals surface area contributed by atoms with Gasteiger partial charge < -0.3 is 25.2 Å². The molecule has 2 saturated carbocycles. The number of piperidine rings is 1. The van der Waals surface area contributed by atoms with E-state index in [0.717, 1.165) is 45.0 Å². The van der Waals surface area contributed by atoms with Crippen LogP contribution in [0.5, 0.6) is 0 Å². The van der Waals surface area contributed by atoms with E-state index in [1.165, 1.54) is 16.7 Å². The lowest BCUT2D eigenvalue weighted by molar-refractivity contribution is -0.133. The Morgan fingerprint density at radius 3 is 2.41 bits per heavy atom. The summed E-state index contributed by atoms with van der Waals surface area (Å²) in [6.07, 6.45) is 8.00. The maximum absolute atomic E-state index is 15.2. The molecule has 3 saturated heterocycles. The number of hydrogen-bond acceptors (Lipinski definition) is 11. The van der Waals surface area contributed by atoms with Gasteiger partial charge in [0, 0.05) is 92.4 Å². The molecule has 3 aliphatic heterocycles. The Kier molecular flexibility index (Phi) is 10.5. The molecule has 2 aromatic heterocycles. The summed E-state index contributed by atoms with van der Waals surface area (Å²) in [5.41, 5.74) is 2.29. The standard InChI is InChI=1S/C43H47F2N9O5/c44-33-21-29(47-35-12-14-37(55)49-40(35)57)9-13-36(33)52-18-16-51(17-19-52)31-22-43(23-31)25-53(26-43)42(58)59-32-10-7-28(8-11-32)48-41-46-24-34(45)39(50-41)27-4-3-5-30(20-27)54-15-2-1-6-38(54)56/h1-6,9,13,15,20-21,24,28,31-32,35,47H,7-8,10-12,14,16-19,22-23,25-26H2,(H,46,48,50)(H,49,55,57)/t28-,32-,35?. The van der Waals surface area contributed by atoms with Gasteiger partial charge in [-0.3, -0.25) is 29.2 Å². The molecule has 59 heavy (non-hydrogen) atoms. The number of benzene rings is 2. The second kappa shape index (κ2) is 16.0. The Bertz CT molecular complexity index is 2290. The van der Waals surface area contributed by atoms with Crippen LogP contribution in [-0.4, -0.2) is 106 Å².